The lowest BCUT2D eigenvalue weighted by molar-refractivity contribution is -0.00977. The van der Waals surface area contributed by atoms with E-state index in [-0.39, 0.29) is 6.54 Å². The van der Waals surface area contributed by atoms with Crippen LogP contribution in [0.15, 0.2) is 0 Å². The van der Waals surface area contributed by atoms with Crippen molar-refractivity contribution in [3.05, 3.63) is 0 Å². The number of rotatable bonds is 2. The second-order valence-corrected chi connectivity index (χ2v) is 2.74. The fraction of sp³-hybridized carbons (Fsp3) is 1.00. The monoisotopic (exact) mass is 163 g/mol. The molecule has 1 saturated heterocycles. The average molecular weight is 163 g/mol. The Hall–Kier alpha value is -0.200. The molecule has 0 aliphatic carbocycles. The van der Waals surface area contributed by atoms with E-state index < -0.39 is 31.0 Å². The Morgan fingerprint density at radius 3 is 2.45 bits per heavy atom. The van der Waals surface area contributed by atoms with Gasteiger partial charge in [0.15, 0.2) is 0 Å². The fourth-order valence-corrected chi connectivity index (χ4v) is 1.21. The van der Waals surface area contributed by atoms with Crippen LogP contribution in [-0.4, -0.2) is 57.9 Å². The summed E-state index contributed by atoms with van der Waals surface area (Å²) in [6.07, 6.45) is -2.85. The zero-order valence-electron chi connectivity index (χ0n) is 6.01. The minimum absolute atomic E-state index is 0.253. The van der Waals surface area contributed by atoms with Gasteiger partial charge in [-0.3, -0.25) is 0 Å². The molecule has 0 aromatic carbocycles. The summed E-state index contributed by atoms with van der Waals surface area (Å²) in [5, 5.41) is 38.5. The average Bonchev–Trinajstić information content (AvgIpc) is 2.32. The molecular formula is C6H13NO4. The third kappa shape index (κ3) is 1.69. The van der Waals surface area contributed by atoms with Crippen LogP contribution in [0.25, 0.3) is 0 Å². The van der Waals surface area contributed by atoms with E-state index in [4.69, 9.17) is 15.3 Å². The molecule has 11 heavy (non-hydrogen) atoms. The first-order valence-corrected chi connectivity index (χ1v) is 3.55. The largest absolute Gasteiger partial charge is 0.394 e. The molecule has 0 spiro atoms. The van der Waals surface area contributed by atoms with Gasteiger partial charge >= 0.3 is 0 Å². The van der Waals surface area contributed by atoms with Gasteiger partial charge in [-0.2, -0.15) is 0 Å². The number of aliphatic hydroxyl groups is 4. The van der Waals surface area contributed by atoms with Crippen molar-refractivity contribution < 1.29 is 20.4 Å². The smallest absolute Gasteiger partial charge is 0.0990 e. The molecular weight excluding hydrogens is 150 g/mol. The van der Waals surface area contributed by atoms with Gasteiger partial charge in [0.2, 0.25) is 0 Å². The first-order chi connectivity index (χ1) is 5.16. The standard InChI is InChI=1S/C6H13NO4/c8-2-4(10)5-6(11)3(9)1-7-5/h3-11H,1-2H2/t3-,4+,5+,6-/m0/s1. The molecule has 0 radical (unpaired) electrons. The maximum absolute atomic E-state index is 9.18. The number of nitrogens with one attached hydrogen (secondary N) is 1. The van der Waals surface area contributed by atoms with E-state index in [0.29, 0.717) is 0 Å². The molecule has 1 fully saturated rings. The summed E-state index contributed by atoms with van der Waals surface area (Å²) in [4.78, 5) is 0. The van der Waals surface area contributed by atoms with Gasteiger partial charge in [-0.25, -0.2) is 0 Å². The Labute approximate surface area is 64.3 Å². The Kier molecular flexibility index (Phi) is 2.80. The predicted molar refractivity (Wildman–Crippen MR) is 36.9 cm³/mol. The van der Waals surface area contributed by atoms with Crippen molar-refractivity contribution in [3.8, 4) is 0 Å². The number of β-amino-alcohol motifs (C(OH)–C–C–N with tert-alkyl or cyclic N) is 1. The Bertz CT molecular complexity index is 132. The van der Waals surface area contributed by atoms with Gasteiger partial charge in [0.1, 0.15) is 0 Å². The van der Waals surface area contributed by atoms with E-state index in [1.54, 1.807) is 0 Å². The lowest BCUT2D eigenvalue weighted by Gasteiger charge is -2.19. The molecule has 1 heterocycles. The summed E-state index contributed by atoms with van der Waals surface area (Å²) in [6, 6.07) is -0.616. The molecule has 0 aromatic heterocycles. The van der Waals surface area contributed by atoms with Gasteiger partial charge in [0, 0.05) is 6.54 Å². The second kappa shape index (κ2) is 3.46. The molecule has 1 aliphatic heterocycles. The van der Waals surface area contributed by atoms with Gasteiger partial charge in [-0.1, -0.05) is 0 Å². The molecule has 5 heteroatoms. The van der Waals surface area contributed by atoms with Crippen LogP contribution in [0.2, 0.25) is 0 Å². The quantitative estimate of drug-likeness (QED) is 0.300. The summed E-state index contributed by atoms with van der Waals surface area (Å²) in [7, 11) is 0. The van der Waals surface area contributed by atoms with E-state index in [9.17, 15) is 5.11 Å². The molecule has 5 N–H and O–H groups in total. The summed E-state index contributed by atoms with van der Waals surface area (Å²) >= 11 is 0. The van der Waals surface area contributed by atoms with E-state index in [2.05, 4.69) is 5.32 Å². The minimum atomic E-state index is -1.01. The lowest BCUT2D eigenvalue weighted by Crippen LogP contribution is -2.44. The highest BCUT2D eigenvalue weighted by Gasteiger charge is 2.36. The molecule has 0 unspecified atom stereocenters. The maximum Gasteiger partial charge on any atom is 0.0990 e. The molecule has 66 valence electrons. The molecule has 0 aromatic rings. The van der Waals surface area contributed by atoms with Crippen LogP contribution in [0.5, 0.6) is 0 Å². The summed E-state index contributed by atoms with van der Waals surface area (Å²) in [6.45, 7) is -0.162. The van der Waals surface area contributed by atoms with Crippen LogP contribution in [0.1, 0.15) is 0 Å². The van der Waals surface area contributed by atoms with Gasteiger partial charge in [0.05, 0.1) is 31.0 Å². The molecule has 1 rings (SSSR count). The fourth-order valence-electron chi connectivity index (χ4n) is 1.21. The SMILES string of the molecule is OC[C@@H](O)[C@H]1NC[C@H](O)[C@@H]1O. The van der Waals surface area contributed by atoms with Crippen molar-refractivity contribution in [3.63, 3.8) is 0 Å². The summed E-state index contributed by atoms with van der Waals surface area (Å²) in [5.41, 5.74) is 0. The van der Waals surface area contributed by atoms with E-state index in [0.717, 1.165) is 0 Å². The Morgan fingerprint density at radius 1 is 1.45 bits per heavy atom. The van der Waals surface area contributed by atoms with Crippen LogP contribution in [0.3, 0.4) is 0 Å². The number of hydrogen-bond donors (Lipinski definition) is 5. The normalized spacial score (nSPS) is 40.9. The van der Waals surface area contributed by atoms with Crippen LogP contribution in [0.4, 0.5) is 0 Å². The third-order valence-electron chi connectivity index (χ3n) is 1.93. The molecule has 0 saturated carbocycles. The van der Waals surface area contributed by atoms with E-state index in [1.807, 2.05) is 0 Å². The third-order valence-corrected chi connectivity index (χ3v) is 1.93. The van der Waals surface area contributed by atoms with Crippen molar-refractivity contribution >= 4 is 0 Å². The lowest BCUT2D eigenvalue weighted by atomic mass is 10.1. The van der Waals surface area contributed by atoms with Crippen molar-refractivity contribution in [2.45, 2.75) is 24.4 Å². The molecule has 0 bridgehead atoms. The van der Waals surface area contributed by atoms with E-state index in [1.165, 1.54) is 0 Å². The van der Waals surface area contributed by atoms with Crippen molar-refractivity contribution in [1.82, 2.24) is 5.32 Å². The van der Waals surface area contributed by atoms with Crippen molar-refractivity contribution in [2.75, 3.05) is 13.2 Å². The maximum atomic E-state index is 9.18. The summed E-state index contributed by atoms with van der Waals surface area (Å²) in [5.74, 6) is 0. The van der Waals surface area contributed by atoms with E-state index >= 15 is 0 Å². The van der Waals surface area contributed by atoms with Crippen molar-refractivity contribution in [2.24, 2.45) is 0 Å². The van der Waals surface area contributed by atoms with Crippen LogP contribution < -0.4 is 5.32 Å². The molecule has 1 aliphatic rings. The first-order valence-electron chi connectivity index (χ1n) is 3.55. The molecule has 0 amide bonds. The Morgan fingerprint density at radius 2 is 2.09 bits per heavy atom. The predicted octanol–water partition coefficient (Wildman–Crippen LogP) is -2.97. The van der Waals surface area contributed by atoms with Crippen LogP contribution >= 0.6 is 0 Å². The van der Waals surface area contributed by atoms with Crippen LogP contribution in [-0.2, 0) is 0 Å². The first kappa shape index (κ1) is 8.89. The van der Waals surface area contributed by atoms with Gasteiger partial charge < -0.3 is 25.7 Å². The topological polar surface area (TPSA) is 93.0 Å². The molecule has 5 nitrogen and oxygen atoms in total. The highest BCUT2D eigenvalue weighted by molar-refractivity contribution is 4.94. The second-order valence-electron chi connectivity index (χ2n) is 2.74. The number of hydrogen-bond acceptors (Lipinski definition) is 5. The van der Waals surface area contributed by atoms with Gasteiger partial charge in [0.25, 0.3) is 0 Å². The number of aliphatic hydroxyl groups excluding tert-OH is 4. The van der Waals surface area contributed by atoms with Crippen LogP contribution in [0, 0.1) is 0 Å². The Balaban J connectivity index is 2.47. The molecule has 4 atom stereocenters. The summed E-state index contributed by atoms with van der Waals surface area (Å²) < 4.78 is 0. The van der Waals surface area contributed by atoms with Gasteiger partial charge in [-0.15, -0.1) is 0 Å². The van der Waals surface area contributed by atoms with Gasteiger partial charge in [-0.05, 0) is 0 Å². The highest BCUT2D eigenvalue weighted by Crippen LogP contribution is 2.10. The highest BCUT2D eigenvalue weighted by atomic mass is 16.3. The zero-order valence-corrected chi connectivity index (χ0v) is 6.01. The minimum Gasteiger partial charge on any atom is -0.394 e. The zero-order chi connectivity index (χ0) is 8.43. The van der Waals surface area contributed by atoms with Crippen molar-refractivity contribution in [1.29, 1.82) is 0 Å².